The van der Waals surface area contributed by atoms with Crippen LogP contribution in [0.3, 0.4) is 0 Å². The molecule has 0 bridgehead atoms. The predicted octanol–water partition coefficient (Wildman–Crippen LogP) is 1.94. The van der Waals surface area contributed by atoms with Gasteiger partial charge in [0.05, 0.1) is 13.2 Å². The number of rotatable bonds is 4. The fraction of sp³-hybridized carbons (Fsp3) is 0.588. The van der Waals surface area contributed by atoms with Crippen molar-refractivity contribution in [3.05, 3.63) is 29.8 Å². The summed E-state index contributed by atoms with van der Waals surface area (Å²) < 4.78 is 5.41. The van der Waals surface area contributed by atoms with E-state index in [-0.39, 0.29) is 36.8 Å². The molecule has 2 heterocycles. The highest BCUT2D eigenvalue weighted by Crippen LogP contribution is 2.20. The number of carbonyl (C=O) groups is 1. The zero-order chi connectivity index (χ0) is 15.4. The van der Waals surface area contributed by atoms with Crippen molar-refractivity contribution in [3.8, 4) is 5.75 Å². The second-order valence-corrected chi connectivity index (χ2v) is 6.06. The predicted molar refractivity (Wildman–Crippen MR) is 100 cm³/mol. The van der Waals surface area contributed by atoms with E-state index in [0.29, 0.717) is 0 Å². The summed E-state index contributed by atoms with van der Waals surface area (Å²) in [4.78, 5) is 16.8. The van der Waals surface area contributed by atoms with Gasteiger partial charge in [-0.05, 0) is 25.5 Å². The van der Waals surface area contributed by atoms with Crippen molar-refractivity contribution in [2.45, 2.75) is 25.4 Å². The van der Waals surface area contributed by atoms with Gasteiger partial charge >= 0.3 is 0 Å². The highest BCUT2D eigenvalue weighted by molar-refractivity contribution is 5.85. The maximum Gasteiger partial charge on any atom is 0.239 e. The molecule has 136 valence electrons. The molecule has 1 atom stereocenters. The van der Waals surface area contributed by atoms with Crippen LogP contribution in [-0.4, -0.2) is 61.6 Å². The zero-order valence-electron chi connectivity index (χ0n) is 14.1. The van der Waals surface area contributed by atoms with E-state index in [2.05, 4.69) is 16.3 Å². The number of hydrogen-bond donors (Lipinski definition) is 1. The molecule has 1 N–H and O–H groups in total. The summed E-state index contributed by atoms with van der Waals surface area (Å²) in [5.41, 5.74) is 1.21. The van der Waals surface area contributed by atoms with E-state index >= 15 is 0 Å². The number of nitrogens with zero attached hydrogens (tertiary/aromatic N) is 2. The Balaban J connectivity index is 0.00000144. The Morgan fingerprint density at radius 1 is 1.21 bits per heavy atom. The molecule has 1 amide bonds. The molecule has 5 nitrogen and oxygen atoms in total. The van der Waals surface area contributed by atoms with Crippen LogP contribution in [0.5, 0.6) is 5.75 Å². The minimum absolute atomic E-state index is 0. The molecule has 3 rings (SSSR count). The SMILES string of the molecule is COc1ccccc1CN1CCN(C(=O)C2CCCN2)CC1.Cl.Cl. The van der Waals surface area contributed by atoms with Crippen LogP contribution in [0.25, 0.3) is 0 Å². The summed E-state index contributed by atoms with van der Waals surface area (Å²) in [7, 11) is 1.71. The topological polar surface area (TPSA) is 44.8 Å². The van der Waals surface area contributed by atoms with Crippen LogP contribution < -0.4 is 10.1 Å². The summed E-state index contributed by atoms with van der Waals surface area (Å²) in [6, 6.07) is 8.21. The summed E-state index contributed by atoms with van der Waals surface area (Å²) >= 11 is 0. The summed E-state index contributed by atoms with van der Waals surface area (Å²) in [5, 5.41) is 3.30. The first-order valence-electron chi connectivity index (χ1n) is 8.14. The molecule has 0 aromatic heterocycles. The van der Waals surface area contributed by atoms with Crippen LogP contribution in [-0.2, 0) is 11.3 Å². The van der Waals surface area contributed by atoms with Gasteiger partial charge in [0, 0.05) is 38.3 Å². The summed E-state index contributed by atoms with van der Waals surface area (Å²) in [5.74, 6) is 1.23. The Morgan fingerprint density at radius 3 is 2.54 bits per heavy atom. The number of para-hydroxylation sites is 1. The van der Waals surface area contributed by atoms with Gasteiger partial charge in [-0.25, -0.2) is 0 Å². The fourth-order valence-electron chi connectivity index (χ4n) is 3.32. The quantitative estimate of drug-likeness (QED) is 0.873. The third-order valence-corrected chi connectivity index (χ3v) is 4.63. The lowest BCUT2D eigenvalue weighted by Crippen LogP contribution is -2.52. The Labute approximate surface area is 156 Å². The van der Waals surface area contributed by atoms with Gasteiger partial charge in [0.25, 0.3) is 0 Å². The Hall–Kier alpha value is -1.01. The van der Waals surface area contributed by atoms with E-state index in [1.807, 2.05) is 23.1 Å². The smallest absolute Gasteiger partial charge is 0.239 e. The number of carbonyl (C=O) groups excluding carboxylic acids is 1. The van der Waals surface area contributed by atoms with Gasteiger partial charge in [0.2, 0.25) is 5.91 Å². The number of amides is 1. The lowest BCUT2D eigenvalue weighted by atomic mass is 10.1. The zero-order valence-corrected chi connectivity index (χ0v) is 15.7. The molecule has 2 fully saturated rings. The second-order valence-electron chi connectivity index (χ2n) is 6.06. The van der Waals surface area contributed by atoms with E-state index in [1.54, 1.807) is 7.11 Å². The van der Waals surface area contributed by atoms with Gasteiger partial charge in [0.15, 0.2) is 0 Å². The largest absolute Gasteiger partial charge is 0.496 e. The van der Waals surface area contributed by atoms with Crippen molar-refractivity contribution < 1.29 is 9.53 Å². The standard InChI is InChI=1S/C17H25N3O2.2ClH/c1-22-16-7-3-2-5-14(16)13-19-9-11-20(12-10-19)17(21)15-6-4-8-18-15;;/h2-3,5,7,15,18H,4,6,8-13H2,1H3;2*1H. The Morgan fingerprint density at radius 2 is 1.92 bits per heavy atom. The molecule has 0 saturated carbocycles. The molecule has 1 unspecified atom stereocenters. The van der Waals surface area contributed by atoms with Crippen molar-refractivity contribution >= 4 is 30.7 Å². The van der Waals surface area contributed by atoms with Crippen LogP contribution in [0, 0.1) is 0 Å². The van der Waals surface area contributed by atoms with Gasteiger partial charge in [-0.2, -0.15) is 0 Å². The van der Waals surface area contributed by atoms with E-state index < -0.39 is 0 Å². The van der Waals surface area contributed by atoms with E-state index in [9.17, 15) is 4.79 Å². The Bertz CT molecular complexity index is 516. The van der Waals surface area contributed by atoms with Crippen LogP contribution in [0.15, 0.2) is 24.3 Å². The molecule has 7 heteroatoms. The number of benzene rings is 1. The van der Waals surface area contributed by atoms with E-state index in [1.165, 1.54) is 5.56 Å². The minimum Gasteiger partial charge on any atom is -0.496 e. The molecule has 0 aliphatic carbocycles. The lowest BCUT2D eigenvalue weighted by molar-refractivity contribution is -0.134. The fourth-order valence-corrected chi connectivity index (χ4v) is 3.32. The number of methoxy groups -OCH3 is 1. The Kier molecular flexibility index (Phi) is 8.84. The number of hydrogen-bond acceptors (Lipinski definition) is 4. The maximum absolute atomic E-state index is 12.4. The average molecular weight is 376 g/mol. The summed E-state index contributed by atoms with van der Waals surface area (Å²) in [6.45, 7) is 5.36. The van der Waals surface area contributed by atoms with Gasteiger partial charge in [0.1, 0.15) is 5.75 Å². The van der Waals surface area contributed by atoms with Gasteiger partial charge < -0.3 is 15.0 Å². The van der Waals surface area contributed by atoms with Crippen LogP contribution in [0.1, 0.15) is 18.4 Å². The summed E-state index contributed by atoms with van der Waals surface area (Å²) in [6.07, 6.45) is 2.10. The second kappa shape index (κ2) is 10.1. The monoisotopic (exact) mass is 375 g/mol. The molecule has 0 radical (unpaired) electrons. The molecule has 2 aliphatic rings. The molecular weight excluding hydrogens is 349 g/mol. The maximum atomic E-state index is 12.4. The number of ether oxygens (including phenoxy) is 1. The minimum atomic E-state index is 0. The molecule has 2 saturated heterocycles. The molecule has 1 aromatic carbocycles. The highest BCUT2D eigenvalue weighted by atomic mass is 35.5. The first-order chi connectivity index (χ1) is 10.8. The molecule has 2 aliphatic heterocycles. The van der Waals surface area contributed by atoms with Gasteiger partial charge in [-0.3, -0.25) is 9.69 Å². The normalized spacial score (nSPS) is 20.9. The number of piperazine rings is 1. The lowest BCUT2D eigenvalue weighted by Gasteiger charge is -2.36. The van der Waals surface area contributed by atoms with Crippen molar-refractivity contribution in [1.29, 1.82) is 0 Å². The molecule has 0 spiro atoms. The van der Waals surface area contributed by atoms with Gasteiger partial charge in [-0.1, -0.05) is 18.2 Å². The molecular formula is C17H27Cl2N3O2. The van der Waals surface area contributed by atoms with Crippen molar-refractivity contribution in [1.82, 2.24) is 15.1 Å². The third-order valence-electron chi connectivity index (χ3n) is 4.63. The molecule has 24 heavy (non-hydrogen) atoms. The average Bonchev–Trinajstić information content (AvgIpc) is 3.10. The highest BCUT2D eigenvalue weighted by Gasteiger charge is 2.29. The number of halogens is 2. The van der Waals surface area contributed by atoms with Crippen molar-refractivity contribution in [2.24, 2.45) is 0 Å². The third kappa shape index (κ3) is 4.99. The number of nitrogens with one attached hydrogen (secondary N) is 1. The van der Waals surface area contributed by atoms with Crippen LogP contribution >= 0.6 is 24.8 Å². The van der Waals surface area contributed by atoms with Crippen LogP contribution in [0.2, 0.25) is 0 Å². The van der Waals surface area contributed by atoms with E-state index in [4.69, 9.17) is 4.74 Å². The first kappa shape index (κ1) is 21.0. The first-order valence-corrected chi connectivity index (χ1v) is 8.14. The van der Waals surface area contributed by atoms with Crippen molar-refractivity contribution in [3.63, 3.8) is 0 Å². The molecule has 1 aromatic rings. The van der Waals surface area contributed by atoms with Gasteiger partial charge in [-0.15, -0.1) is 24.8 Å². The van der Waals surface area contributed by atoms with Crippen molar-refractivity contribution in [2.75, 3.05) is 39.8 Å². The van der Waals surface area contributed by atoms with E-state index in [0.717, 1.165) is 57.9 Å². The van der Waals surface area contributed by atoms with Crippen LogP contribution in [0.4, 0.5) is 0 Å².